The fourth-order valence-electron chi connectivity index (χ4n) is 12.3. The van der Waals surface area contributed by atoms with E-state index in [0.29, 0.717) is 5.95 Å². The Hall–Kier alpha value is -6.86. The predicted molar refractivity (Wildman–Crippen MR) is 318 cm³/mol. The summed E-state index contributed by atoms with van der Waals surface area (Å²) in [6.45, 7) is 37.0. The van der Waals surface area contributed by atoms with Crippen LogP contribution in [0.5, 0.6) is 11.5 Å². The first kappa shape index (κ1) is 49.0. The van der Waals surface area contributed by atoms with Crippen LogP contribution in [0.15, 0.2) is 133 Å². The van der Waals surface area contributed by atoms with E-state index in [9.17, 15) is 0 Å². The zero-order valence-corrected chi connectivity index (χ0v) is 47.3. The van der Waals surface area contributed by atoms with Crippen molar-refractivity contribution in [3.05, 3.63) is 167 Å². The minimum absolute atomic E-state index is 0.0198. The number of anilines is 9. The van der Waals surface area contributed by atoms with Crippen molar-refractivity contribution in [1.82, 2.24) is 9.97 Å². The summed E-state index contributed by atoms with van der Waals surface area (Å²) in [4.78, 5) is 19.3. The third-order valence-corrected chi connectivity index (χ3v) is 17.1. The first-order valence-electron chi connectivity index (χ1n) is 27.4. The van der Waals surface area contributed by atoms with Crippen molar-refractivity contribution in [2.45, 2.75) is 156 Å². The third-order valence-electron chi connectivity index (χ3n) is 17.1. The average Bonchev–Trinajstić information content (AvgIpc) is 3.38. The standard InChI is InChI=1S/C68H74BN5O/c1-63(2,3)43-22-27-47(28-23-43)73-54-31-24-44(64(4,5)6)36-52(54)69-53-37-46(66(10,11)12)39-57-59(53)74(55-32-25-45(65(7,8)9)38-56(55)75-57)61-58(69)60(73)70-62(71-61)72(48-26-21-41-19-17-18-20-42(41)35-48)49-29-30-50-51(40-49)68(15,16)34-33-67(50,13)14/h17-32,35-40H,33-34H2,1-16H3. The second kappa shape index (κ2) is 16.3. The molecular weight excluding hydrogens is 914 g/mol. The third kappa shape index (κ3) is 7.96. The second-order valence-electron chi connectivity index (χ2n) is 27.6. The molecule has 0 saturated heterocycles. The molecule has 0 spiro atoms. The van der Waals surface area contributed by atoms with Gasteiger partial charge < -0.3 is 4.74 Å². The maximum Gasteiger partial charge on any atom is 0.256 e. The maximum absolute atomic E-state index is 7.29. The monoisotopic (exact) mass is 988 g/mol. The first-order valence-corrected chi connectivity index (χ1v) is 27.4. The van der Waals surface area contributed by atoms with Gasteiger partial charge >= 0.3 is 0 Å². The van der Waals surface area contributed by atoms with E-state index < -0.39 is 0 Å². The van der Waals surface area contributed by atoms with Gasteiger partial charge in [-0.25, -0.2) is 0 Å². The minimum Gasteiger partial charge on any atom is -0.453 e. The van der Waals surface area contributed by atoms with E-state index in [1.54, 1.807) is 0 Å². The number of benzene rings is 7. The van der Waals surface area contributed by atoms with Crippen molar-refractivity contribution in [2.75, 3.05) is 14.7 Å². The molecule has 1 aliphatic carbocycles. The minimum atomic E-state index is -0.210. The summed E-state index contributed by atoms with van der Waals surface area (Å²) in [5, 5.41) is 2.35. The average molecular weight is 988 g/mol. The molecule has 75 heavy (non-hydrogen) atoms. The molecule has 3 aliphatic heterocycles. The normalized spacial score (nSPS) is 16.1. The van der Waals surface area contributed by atoms with Crippen molar-refractivity contribution in [2.24, 2.45) is 0 Å². The largest absolute Gasteiger partial charge is 0.453 e. The Bertz CT molecular complexity index is 3650. The summed E-state index contributed by atoms with van der Waals surface area (Å²) in [6.07, 6.45) is 2.25. The summed E-state index contributed by atoms with van der Waals surface area (Å²) in [6, 6.07) is 50.6. The summed E-state index contributed by atoms with van der Waals surface area (Å²) in [5.41, 5.74) is 17.2. The Morgan fingerprint density at radius 1 is 0.480 bits per heavy atom. The Morgan fingerprint density at radius 3 is 1.67 bits per heavy atom. The molecule has 1 aromatic heterocycles. The molecule has 0 fully saturated rings. The van der Waals surface area contributed by atoms with Gasteiger partial charge in [-0.3, -0.25) is 14.7 Å². The number of fused-ring (bicyclic) bond motifs is 8. The highest BCUT2D eigenvalue weighted by molar-refractivity contribution is 7.00. The lowest BCUT2D eigenvalue weighted by Gasteiger charge is -2.46. The van der Waals surface area contributed by atoms with Crippen LogP contribution < -0.4 is 35.8 Å². The van der Waals surface area contributed by atoms with Gasteiger partial charge in [0.15, 0.2) is 11.5 Å². The molecule has 0 N–H and O–H groups in total. The number of hydrogen-bond acceptors (Lipinski definition) is 6. The van der Waals surface area contributed by atoms with E-state index in [1.807, 2.05) is 0 Å². The zero-order valence-electron chi connectivity index (χ0n) is 47.3. The van der Waals surface area contributed by atoms with Crippen molar-refractivity contribution in [1.29, 1.82) is 0 Å². The SMILES string of the molecule is CC(C)(C)c1ccc(N2c3ccc(C(C)(C)C)cc3B3c4cc(C(C)(C)C)cc5c4N(c4ccc(C(C)(C)C)cc4O5)c4nc(N(c5ccc6c(c5)C(C)(C)CCC6(C)C)c5ccc6ccccc6c5)nc2c43)cc1. The summed E-state index contributed by atoms with van der Waals surface area (Å²) < 4.78 is 7.29. The quantitative estimate of drug-likeness (QED) is 0.164. The lowest BCUT2D eigenvalue weighted by molar-refractivity contribution is 0.332. The van der Waals surface area contributed by atoms with Crippen LogP contribution in [0.4, 0.5) is 51.7 Å². The number of hydrogen-bond donors (Lipinski definition) is 0. The van der Waals surface area contributed by atoms with Crippen LogP contribution in [0, 0.1) is 0 Å². The van der Waals surface area contributed by atoms with Crippen molar-refractivity contribution >= 4 is 85.6 Å². The van der Waals surface area contributed by atoms with Gasteiger partial charge in [0.2, 0.25) is 5.95 Å². The summed E-state index contributed by atoms with van der Waals surface area (Å²) >= 11 is 0. The van der Waals surface area contributed by atoms with Crippen LogP contribution in [0.3, 0.4) is 0 Å². The van der Waals surface area contributed by atoms with Gasteiger partial charge in [-0.2, -0.15) is 9.97 Å². The fourth-order valence-corrected chi connectivity index (χ4v) is 12.3. The van der Waals surface area contributed by atoms with Gasteiger partial charge in [-0.05, 0) is 161 Å². The van der Waals surface area contributed by atoms with Crippen molar-refractivity contribution in [3.63, 3.8) is 0 Å². The van der Waals surface area contributed by atoms with Gasteiger partial charge in [0.1, 0.15) is 11.6 Å². The van der Waals surface area contributed by atoms with Gasteiger partial charge in [-0.1, -0.05) is 184 Å². The first-order chi connectivity index (χ1) is 35.2. The lowest BCUT2D eigenvalue weighted by Crippen LogP contribution is -2.62. The highest BCUT2D eigenvalue weighted by Crippen LogP contribution is 2.55. The molecular formula is C68H74BN5O. The van der Waals surface area contributed by atoms with Crippen molar-refractivity contribution in [3.8, 4) is 11.5 Å². The Kier molecular flexibility index (Phi) is 10.7. The highest BCUT2D eigenvalue weighted by atomic mass is 16.5. The maximum atomic E-state index is 7.29. The van der Waals surface area contributed by atoms with Gasteiger partial charge in [0.05, 0.1) is 11.4 Å². The van der Waals surface area contributed by atoms with Crippen LogP contribution >= 0.6 is 0 Å². The van der Waals surface area contributed by atoms with Gasteiger partial charge in [0.25, 0.3) is 6.71 Å². The Balaban J connectivity index is 1.23. The second-order valence-corrected chi connectivity index (χ2v) is 27.6. The molecule has 4 aliphatic rings. The molecule has 0 amide bonds. The van der Waals surface area contributed by atoms with E-state index in [1.165, 1.54) is 49.7 Å². The van der Waals surface area contributed by atoms with Crippen LogP contribution in [0.25, 0.3) is 10.8 Å². The van der Waals surface area contributed by atoms with Crippen LogP contribution in [-0.2, 0) is 32.5 Å². The van der Waals surface area contributed by atoms with E-state index in [4.69, 9.17) is 14.7 Å². The molecule has 7 aromatic carbocycles. The van der Waals surface area contributed by atoms with E-state index in [2.05, 4.69) is 259 Å². The van der Waals surface area contributed by atoms with Crippen LogP contribution in [-0.4, -0.2) is 16.7 Å². The fraction of sp³-hybridized carbons (Fsp3) is 0.353. The molecule has 0 unspecified atom stereocenters. The smallest absolute Gasteiger partial charge is 0.256 e. The zero-order chi connectivity index (χ0) is 53.1. The van der Waals surface area contributed by atoms with Gasteiger partial charge in [0, 0.05) is 28.2 Å². The molecule has 0 bridgehead atoms. The topological polar surface area (TPSA) is 44.7 Å². The number of nitrogens with zero attached hydrogens (tertiary/aromatic N) is 5. The van der Waals surface area contributed by atoms with E-state index >= 15 is 0 Å². The van der Waals surface area contributed by atoms with Crippen molar-refractivity contribution < 1.29 is 4.74 Å². The summed E-state index contributed by atoms with van der Waals surface area (Å²) in [7, 11) is 0. The molecule has 0 atom stereocenters. The Labute approximate surface area is 447 Å². The molecule has 380 valence electrons. The van der Waals surface area contributed by atoms with Crippen LogP contribution in [0.1, 0.15) is 157 Å². The molecule has 8 aromatic rings. The number of rotatable bonds is 4. The van der Waals surface area contributed by atoms with Crippen LogP contribution in [0.2, 0.25) is 0 Å². The molecule has 7 heteroatoms. The van der Waals surface area contributed by atoms with E-state index in [-0.39, 0.29) is 39.2 Å². The highest BCUT2D eigenvalue weighted by Gasteiger charge is 2.49. The Morgan fingerprint density at radius 2 is 1.01 bits per heavy atom. The van der Waals surface area contributed by atoms with E-state index in [0.717, 1.165) is 80.9 Å². The molecule has 6 nitrogen and oxygen atoms in total. The molecule has 4 heterocycles. The predicted octanol–water partition coefficient (Wildman–Crippen LogP) is 16.8. The number of aromatic nitrogens is 2. The lowest BCUT2D eigenvalue weighted by atomic mass is 9.33. The molecule has 0 saturated carbocycles. The molecule has 12 rings (SSSR count). The summed E-state index contributed by atoms with van der Waals surface area (Å²) in [5.74, 6) is 4.01. The molecule has 0 radical (unpaired) electrons. The van der Waals surface area contributed by atoms with Gasteiger partial charge in [-0.15, -0.1) is 0 Å². The number of ether oxygens (including phenoxy) is 1.